The van der Waals surface area contributed by atoms with Crippen molar-refractivity contribution in [2.24, 2.45) is 0 Å². The largest absolute Gasteiger partial charge is 0.372 e. The van der Waals surface area contributed by atoms with Gasteiger partial charge in [0, 0.05) is 11.9 Å². The normalized spacial score (nSPS) is 19.0. The summed E-state index contributed by atoms with van der Waals surface area (Å²) < 4.78 is 5.84. The summed E-state index contributed by atoms with van der Waals surface area (Å²) >= 11 is 3.45. The smallest absolute Gasteiger partial charge is 0.0952 e. The molecule has 1 heterocycles. The second-order valence-electron chi connectivity index (χ2n) is 4.41. The Hall–Kier alpha value is -0.380. The van der Waals surface area contributed by atoms with Crippen LogP contribution in [0.1, 0.15) is 30.1 Å². The zero-order valence-corrected chi connectivity index (χ0v) is 11.7. The van der Waals surface area contributed by atoms with Gasteiger partial charge in [-0.3, -0.25) is 0 Å². The van der Waals surface area contributed by atoms with E-state index in [1.165, 1.54) is 24.0 Å². The van der Waals surface area contributed by atoms with E-state index in [4.69, 9.17) is 4.74 Å². The first-order valence-corrected chi connectivity index (χ1v) is 7.50. The van der Waals surface area contributed by atoms with Crippen LogP contribution in [0.2, 0.25) is 0 Å². The first-order valence-electron chi connectivity index (χ1n) is 6.38. The minimum Gasteiger partial charge on any atom is -0.372 e. The van der Waals surface area contributed by atoms with Crippen LogP contribution >= 0.6 is 15.9 Å². The predicted molar refractivity (Wildman–Crippen MR) is 74.7 cm³/mol. The van der Waals surface area contributed by atoms with Gasteiger partial charge in [0.2, 0.25) is 0 Å². The molecule has 1 N–H and O–H groups in total. The highest BCUT2D eigenvalue weighted by molar-refractivity contribution is 9.09. The zero-order chi connectivity index (χ0) is 11.9. The molecule has 0 spiro atoms. The molecule has 0 saturated heterocycles. The van der Waals surface area contributed by atoms with Crippen LogP contribution in [0.4, 0.5) is 0 Å². The zero-order valence-electron chi connectivity index (χ0n) is 10.1. The number of hydrogen-bond donors (Lipinski definition) is 1. The van der Waals surface area contributed by atoms with Gasteiger partial charge in [-0.25, -0.2) is 0 Å². The van der Waals surface area contributed by atoms with Gasteiger partial charge in [0.15, 0.2) is 0 Å². The fourth-order valence-corrected chi connectivity index (χ4v) is 2.62. The molecule has 0 amide bonds. The summed E-state index contributed by atoms with van der Waals surface area (Å²) in [7, 11) is 0. The number of alkyl halides is 1. The number of benzene rings is 1. The number of hydrogen-bond acceptors (Lipinski definition) is 2. The summed E-state index contributed by atoms with van der Waals surface area (Å²) in [5.74, 6) is 0. The topological polar surface area (TPSA) is 21.3 Å². The molecular weight excluding hydrogens is 278 g/mol. The molecule has 0 bridgehead atoms. The fraction of sp³-hybridized carbons (Fsp3) is 0.571. The third-order valence-electron chi connectivity index (χ3n) is 3.16. The van der Waals surface area contributed by atoms with Gasteiger partial charge in [0.05, 0.1) is 12.7 Å². The van der Waals surface area contributed by atoms with Crippen LogP contribution in [-0.2, 0) is 11.2 Å². The van der Waals surface area contributed by atoms with Crippen molar-refractivity contribution < 1.29 is 4.74 Å². The number of nitrogens with one attached hydrogen (secondary N) is 1. The van der Waals surface area contributed by atoms with Gasteiger partial charge in [-0.05, 0) is 36.9 Å². The van der Waals surface area contributed by atoms with E-state index in [-0.39, 0.29) is 6.10 Å². The van der Waals surface area contributed by atoms with Crippen molar-refractivity contribution in [2.75, 3.05) is 25.0 Å². The van der Waals surface area contributed by atoms with Crippen molar-refractivity contribution >= 4 is 15.9 Å². The Bertz CT molecular complexity index is 343. The van der Waals surface area contributed by atoms with Crippen molar-refractivity contribution in [1.29, 1.82) is 0 Å². The standard InChI is InChI=1S/C14H20BrNO/c15-8-3-4-9-16-11-14-13-6-2-1-5-12(13)7-10-17-14/h1-2,5-6,14,16H,3-4,7-11H2. The molecule has 1 aliphatic rings. The van der Waals surface area contributed by atoms with Crippen LogP contribution < -0.4 is 5.32 Å². The summed E-state index contributed by atoms with van der Waals surface area (Å²) in [6.45, 7) is 2.86. The monoisotopic (exact) mass is 297 g/mol. The Balaban J connectivity index is 1.82. The molecule has 0 saturated carbocycles. The van der Waals surface area contributed by atoms with Gasteiger partial charge in [0.1, 0.15) is 0 Å². The van der Waals surface area contributed by atoms with E-state index >= 15 is 0 Å². The molecule has 1 aromatic carbocycles. The Morgan fingerprint density at radius 1 is 1.29 bits per heavy atom. The number of ether oxygens (including phenoxy) is 1. The average molecular weight is 298 g/mol. The molecule has 3 heteroatoms. The van der Waals surface area contributed by atoms with Crippen LogP contribution in [-0.4, -0.2) is 25.0 Å². The summed E-state index contributed by atoms with van der Waals surface area (Å²) in [4.78, 5) is 0. The number of fused-ring (bicyclic) bond motifs is 1. The van der Waals surface area contributed by atoms with Crippen molar-refractivity contribution in [1.82, 2.24) is 5.32 Å². The molecule has 1 atom stereocenters. The molecule has 2 rings (SSSR count). The minimum atomic E-state index is 0.240. The lowest BCUT2D eigenvalue weighted by Gasteiger charge is -2.26. The van der Waals surface area contributed by atoms with E-state index < -0.39 is 0 Å². The van der Waals surface area contributed by atoms with Crippen LogP contribution in [0, 0.1) is 0 Å². The van der Waals surface area contributed by atoms with Gasteiger partial charge in [-0.1, -0.05) is 40.2 Å². The Kier molecular flexibility index (Phi) is 5.49. The summed E-state index contributed by atoms with van der Waals surface area (Å²) in [6, 6.07) is 8.63. The lowest BCUT2D eigenvalue weighted by molar-refractivity contribution is 0.0426. The number of unbranched alkanes of at least 4 members (excludes halogenated alkanes) is 1. The molecule has 0 radical (unpaired) electrons. The van der Waals surface area contributed by atoms with Crippen LogP contribution in [0.3, 0.4) is 0 Å². The first-order chi connectivity index (χ1) is 8.42. The maximum absolute atomic E-state index is 5.84. The maximum Gasteiger partial charge on any atom is 0.0952 e. The van der Waals surface area contributed by atoms with Crippen molar-refractivity contribution in [2.45, 2.75) is 25.4 Å². The summed E-state index contributed by atoms with van der Waals surface area (Å²) in [6.07, 6.45) is 3.74. The van der Waals surface area contributed by atoms with Gasteiger partial charge in [-0.2, -0.15) is 0 Å². The minimum absolute atomic E-state index is 0.240. The molecule has 1 aromatic rings. The SMILES string of the molecule is BrCCCCNCC1OCCc2ccccc21. The van der Waals surface area contributed by atoms with Crippen molar-refractivity contribution in [3.05, 3.63) is 35.4 Å². The van der Waals surface area contributed by atoms with Crippen LogP contribution in [0.5, 0.6) is 0 Å². The fourth-order valence-electron chi connectivity index (χ4n) is 2.22. The Labute approximate surface area is 112 Å². The van der Waals surface area contributed by atoms with Crippen LogP contribution in [0.25, 0.3) is 0 Å². The quantitative estimate of drug-likeness (QED) is 0.644. The molecule has 1 aliphatic heterocycles. The number of rotatable bonds is 6. The third kappa shape index (κ3) is 3.80. The van der Waals surface area contributed by atoms with E-state index in [2.05, 4.69) is 45.5 Å². The average Bonchev–Trinajstić information content (AvgIpc) is 2.39. The van der Waals surface area contributed by atoms with E-state index in [0.29, 0.717) is 0 Å². The summed E-state index contributed by atoms with van der Waals surface area (Å²) in [5, 5.41) is 4.58. The maximum atomic E-state index is 5.84. The second kappa shape index (κ2) is 7.14. The Morgan fingerprint density at radius 2 is 2.18 bits per heavy atom. The third-order valence-corrected chi connectivity index (χ3v) is 3.72. The molecule has 1 unspecified atom stereocenters. The molecule has 17 heavy (non-hydrogen) atoms. The highest BCUT2D eigenvalue weighted by atomic mass is 79.9. The van der Waals surface area contributed by atoms with Gasteiger partial charge >= 0.3 is 0 Å². The highest BCUT2D eigenvalue weighted by Gasteiger charge is 2.19. The summed E-state index contributed by atoms with van der Waals surface area (Å²) in [5.41, 5.74) is 2.82. The van der Waals surface area contributed by atoms with Gasteiger partial charge in [-0.15, -0.1) is 0 Å². The van der Waals surface area contributed by atoms with E-state index in [9.17, 15) is 0 Å². The molecule has 0 fully saturated rings. The highest BCUT2D eigenvalue weighted by Crippen LogP contribution is 2.26. The van der Waals surface area contributed by atoms with Crippen LogP contribution in [0.15, 0.2) is 24.3 Å². The van der Waals surface area contributed by atoms with E-state index in [1.807, 2.05) is 0 Å². The molecule has 0 aliphatic carbocycles. The van der Waals surface area contributed by atoms with Gasteiger partial charge in [0.25, 0.3) is 0 Å². The molecule has 2 nitrogen and oxygen atoms in total. The molecular formula is C14H20BrNO. The molecule has 0 aromatic heterocycles. The second-order valence-corrected chi connectivity index (χ2v) is 5.20. The van der Waals surface area contributed by atoms with Crippen molar-refractivity contribution in [3.8, 4) is 0 Å². The van der Waals surface area contributed by atoms with E-state index in [0.717, 1.165) is 31.4 Å². The lowest BCUT2D eigenvalue weighted by atomic mass is 9.97. The lowest BCUT2D eigenvalue weighted by Crippen LogP contribution is -2.28. The van der Waals surface area contributed by atoms with E-state index in [1.54, 1.807) is 0 Å². The van der Waals surface area contributed by atoms with Crippen molar-refractivity contribution in [3.63, 3.8) is 0 Å². The predicted octanol–water partition coefficient (Wildman–Crippen LogP) is 3.07. The Morgan fingerprint density at radius 3 is 3.06 bits per heavy atom. The molecule has 94 valence electrons. The first kappa shape index (κ1) is 13.1. The van der Waals surface area contributed by atoms with Gasteiger partial charge < -0.3 is 10.1 Å². The number of halogens is 1.